The fourth-order valence-corrected chi connectivity index (χ4v) is 2.15. The number of hydrogen-bond donors (Lipinski definition) is 2. The minimum atomic E-state index is 0.464. The van der Waals surface area contributed by atoms with Gasteiger partial charge in [-0.15, -0.1) is 0 Å². The van der Waals surface area contributed by atoms with Crippen molar-refractivity contribution in [3.8, 4) is 0 Å². The Morgan fingerprint density at radius 3 is 2.76 bits per heavy atom. The number of hydrogen-bond acceptors (Lipinski definition) is 2. The van der Waals surface area contributed by atoms with Gasteiger partial charge in [-0.05, 0) is 40.9 Å². The number of anilines is 1. The molecule has 1 heterocycles. The predicted molar refractivity (Wildman–Crippen MR) is 74.6 cm³/mol. The minimum absolute atomic E-state index is 0.464. The number of para-hydroxylation sites is 1. The Bertz CT molecular complexity index is 463. The van der Waals surface area contributed by atoms with Crippen LogP contribution in [-0.2, 0) is 6.42 Å². The van der Waals surface area contributed by atoms with E-state index in [1.165, 1.54) is 5.56 Å². The van der Waals surface area contributed by atoms with E-state index in [2.05, 4.69) is 27.1 Å². The third kappa shape index (κ3) is 3.92. The first-order chi connectivity index (χ1) is 8.34. The summed E-state index contributed by atoms with van der Waals surface area (Å²) in [6.45, 7) is 0.711. The first kappa shape index (κ1) is 11.7. The van der Waals surface area contributed by atoms with Gasteiger partial charge in [0.2, 0.25) is 0 Å². The van der Waals surface area contributed by atoms with Gasteiger partial charge in [0.15, 0.2) is 5.96 Å². The maximum atomic E-state index is 5.79. The van der Waals surface area contributed by atoms with Gasteiger partial charge in [-0.3, -0.25) is 4.99 Å². The smallest absolute Gasteiger partial charge is 0.193 e. The molecule has 0 amide bonds. The van der Waals surface area contributed by atoms with Crippen LogP contribution in [0.4, 0.5) is 5.69 Å². The molecular weight excluding hydrogens is 230 g/mol. The van der Waals surface area contributed by atoms with Crippen molar-refractivity contribution in [2.24, 2.45) is 10.7 Å². The van der Waals surface area contributed by atoms with E-state index in [1.54, 1.807) is 11.3 Å². The highest BCUT2D eigenvalue weighted by Crippen LogP contribution is 2.07. The van der Waals surface area contributed by atoms with Crippen molar-refractivity contribution < 1.29 is 0 Å². The molecule has 1 aromatic carbocycles. The fourth-order valence-electron chi connectivity index (χ4n) is 1.45. The average molecular weight is 245 g/mol. The molecule has 0 unspecified atom stereocenters. The minimum Gasteiger partial charge on any atom is -0.370 e. The quantitative estimate of drug-likeness (QED) is 0.643. The van der Waals surface area contributed by atoms with Crippen LogP contribution in [0.3, 0.4) is 0 Å². The zero-order valence-electron chi connectivity index (χ0n) is 9.47. The van der Waals surface area contributed by atoms with Crippen molar-refractivity contribution in [3.05, 3.63) is 52.7 Å². The van der Waals surface area contributed by atoms with E-state index in [1.807, 2.05) is 30.3 Å². The lowest BCUT2D eigenvalue weighted by Gasteiger charge is -2.04. The van der Waals surface area contributed by atoms with Crippen LogP contribution >= 0.6 is 11.3 Å². The number of guanidine groups is 1. The van der Waals surface area contributed by atoms with E-state index < -0.39 is 0 Å². The molecule has 0 atom stereocenters. The second kappa shape index (κ2) is 6.06. The summed E-state index contributed by atoms with van der Waals surface area (Å²) in [7, 11) is 0. The summed E-state index contributed by atoms with van der Waals surface area (Å²) >= 11 is 1.71. The predicted octanol–water partition coefficient (Wildman–Crippen LogP) is 2.72. The summed E-state index contributed by atoms with van der Waals surface area (Å²) < 4.78 is 0. The Kier molecular flexibility index (Phi) is 4.16. The van der Waals surface area contributed by atoms with Crippen LogP contribution in [0.25, 0.3) is 0 Å². The van der Waals surface area contributed by atoms with Crippen LogP contribution in [0.1, 0.15) is 5.56 Å². The number of rotatable bonds is 4. The molecule has 0 aliphatic rings. The van der Waals surface area contributed by atoms with Crippen LogP contribution in [0.5, 0.6) is 0 Å². The molecule has 4 heteroatoms. The van der Waals surface area contributed by atoms with Gasteiger partial charge in [0.25, 0.3) is 0 Å². The molecule has 0 aliphatic carbocycles. The first-order valence-electron chi connectivity index (χ1n) is 5.47. The molecule has 0 saturated heterocycles. The fraction of sp³-hybridized carbons (Fsp3) is 0.154. The zero-order valence-corrected chi connectivity index (χ0v) is 10.3. The van der Waals surface area contributed by atoms with Gasteiger partial charge < -0.3 is 11.1 Å². The molecule has 0 spiro atoms. The van der Waals surface area contributed by atoms with Gasteiger partial charge >= 0.3 is 0 Å². The average Bonchev–Trinajstić information content (AvgIpc) is 2.83. The van der Waals surface area contributed by atoms with E-state index in [4.69, 9.17) is 5.73 Å². The molecular formula is C13H15N3S. The van der Waals surface area contributed by atoms with Crippen molar-refractivity contribution in [3.63, 3.8) is 0 Å². The lowest BCUT2D eigenvalue weighted by Crippen LogP contribution is -2.22. The normalized spacial score (nSPS) is 11.4. The van der Waals surface area contributed by atoms with Crippen LogP contribution in [0.2, 0.25) is 0 Å². The number of benzene rings is 1. The summed E-state index contributed by atoms with van der Waals surface area (Å²) in [5.41, 5.74) is 8.06. The molecule has 1 aromatic heterocycles. The van der Waals surface area contributed by atoms with Gasteiger partial charge in [0, 0.05) is 12.2 Å². The van der Waals surface area contributed by atoms with Crippen molar-refractivity contribution in [1.29, 1.82) is 0 Å². The van der Waals surface area contributed by atoms with Crippen LogP contribution in [0.15, 0.2) is 52.2 Å². The van der Waals surface area contributed by atoms with Gasteiger partial charge in [0.1, 0.15) is 0 Å². The highest BCUT2D eigenvalue weighted by molar-refractivity contribution is 7.07. The van der Waals surface area contributed by atoms with E-state index in [0.717, 1.165) is 12.1 Å². The van der Waals surface area contributed by atoms with Crippen LogP contribution in [-0.4, -0.2) is 12.5 Å². The van der Waals surface area contributed by atoms with Gasteiger partial charge in [-0.25, -0.2) is 0 Å². The SMILES string of the molecule is NC(=NCCc1ccsc1)Nc1ccccc1. The second-order valence-electron chi connectivity index (χ2n) is 3.64. The highest BCUT2D eigenvalue weighted by atomic mass is 32.1. The standard InChI is InChI=1S/C13H15N3S/c14-13(16-12-4-2-1-3-5-12)15-8-6-11-7-9-17-10-11/h1-5,7,9-10H,6,8H2,(H3,14,15,16). The van der Waals surface area contributed by atoms with Crippen LogP contribution in [0, 0.1) is 0 Å². The third-order valence-corrected chi connectivity index (χ3v) is 3.04. The first-order valence-corrected chi connectivity index (χ1v) is 6.42. The summed E-state index contributed by atoms with van der Waals surface area (Å²) in [6, 6.07) is 11.9. The zero-order chi connectivity index (χ0) is 11.9. The number of aliphatic imine (C=N–C) groups is 1. The van der Waals surface area contributed by atoms with Crippen molar-refractivity contribution in [2.75, 3.05) is 11.9 Å². The number of nitrogens with two attached hydrogens (primary N) is 1. The molecule has 0 aliphatic heterocycles. The molecule has 3 nitrogen and oxygen atoms in total. The maximum absolute atomic E-state index is 5.79. The summed E-state index contributed by atoms with van der Waals surface area (Å²) in [6.07, 6.45) is 0.931. The molecule has 88 valence electrons. The molecule has 0 fully saturated rings. The van der Waals surface area contributed by atoms with Crippen molar-refractivity contribution in [1.82, 2.24) is 0 Å². The van der Waals surface area contributed by atoms with E-state index in [9.17, 15) is 0 Å². The summed E-state index contributed by atoms with van der Waals surface area (Å²) in [4.78, 5) is 4.28. The molecule has 17 heavy (non-hydrogen) atoms. The van der Waals surface area contributed by atoms with Crippen LogP contribution < -0.4 is 11.1 Å². The number of thiophene rings is 1. The summed E-state index contributed by atoms with van der Waals surface area (Å²) in [5.74, 6) is 0.464. The Labute approximate surface area is 105 Å². The molecule has 2 aromatic rings. The van der Waals surface area contributed by atoms with Gasteiger partial charge in [0.05, 0.1) is 0 Å². The highest BCUT2D eigenvalue weighted by Gasteiger charge is 1.94. The maximum Gasteiger partial charge on any atom is 0.193 e. The van der Waals surface area contributed by atoms with Gasteiger partial charge in [-0.1, -0.05) is 18.2 Å². The molecule has 0 saturated carbocycles. The Balaban J connectivity index is 1.81. The third-order valence-electron chi connectivity index (χ3n) is 2.31. The largest absolute Gasteiger partial charge is 0.370 e. The topological polar surface area (TPSA) is 50.4 Å². The lowest BCUT2D eigenvalue weighted by atomic mass is 10.2. The summed E-state index contributed by atoms with van der Waals surface area (Å²) in [5, 5.41) is 7.26. The van der Waals surface area contributed by atoms with Crippen molar-refractivity contribution >= 4 is 23.0 Å². The second-order valence-corrected chi connectivity index (χ2v) is 4.42. The van der Waals surface area contributed by atoms with E-state index >= 15 is 0 Å². The van der Waals surface area contributed by atoms with E-state index in [0.29, 0.717) is 12.5 Å². The Hall–Kier alpha value is -1.81. The monoisotopic (exact) mass is 245 g/mol. The van der Waals surface area contributed by atoms with E-state index in [-0.39, 0.29) is 0 Å². The molecule has 0 bridgehead atoms. The lowest BCUT2D eigenvalue weighted by molar-refractivity contribution is 0.970. The molecule has 3 N–H and O–H groups in total. The Morgan fingerprint density at radius 2 is 2.06 bits per heavy atom. The van der Waals surface area contributed by atoms with Gasteiger partial charge in [-0.2, -0.15) is 11.3 Å². The van der Waals surface area contributed by atoms with Crippen molar-refractivity contribution in [2.45, 2.75) is 6.42 Å². The molecule has 2 rings (SSSR count). The Morgan fingerprint density at radius 1 is 1.24 bits per heavy atom. The molecule has 0 radical (unpaired) electrons. The number of nitrogens with zero attached hydrogens (tertiary/aromatic N) is 1. The number of nitrogens with one attached hydrogen (secondary N) is 1.